The van der Waals surface area contributed by atoms with Gasteiger partial charge in [-0.25, -0.2) is 14.5 Å². The van der Waals surface area contributed by atoms with E-state index >= 15 is 0 Å². The molecule has 6 nitrogen and oxygen atoms in total. The third-order valence-electron chi connectivity index (χ3n) is 4.75. The van der Waals surface area contributed by atoms with Crippen molar-refractivity contribution in [3.8, 4) is 0 Å². The molecule has 2 aliphatic rings. The number of carbonyl (C=O) groups excluding carboxylic acids is 1. The zero-order chi connectivity index (χ0) is 14.9. The van der Waals surface area contributed by atoms with Gasteiger partial charge < -0.3 is 10.2 Å². The van der Waals surface area contributed by atoms with Crippen molar-refractivity contribution < 1.29 is 4.79 Å². The summed E-state index contributed by atoms with van der Waals surface area (Å²) in [5, 5.41) is 9.37. The van der Waals surface area contributed by atoms with Crippen LogP contribution in [-0.2, 0) is 6.54 Å². The van der Waals surface area contributed by atoms with E-state index in [0.29, 0.717) is 24.7 Å². The topological polar surface area (TPSA) is 63.1 Å². The third-order valence-corrected chi connectivity index (χ3v) is 5.62. The lowest BCUT2D eigenvalue weighted by atomic mass is 9.98. The molecule has 2 unspecified atom stereocenters. The first-order chi connectivity index (χ1) is 10.8. The molecule has 4 rings (SSSR count). The Kier molecular flexibility index (Phi) is 3.57. The fraction of sp³-hybridized carbons (Fsp3) is 0.533. The highest BCUT2D eigenvalue weighted by molar-refractivity contribution is 7.09. The fourth-order valence-corrected chi connectivity index (χ4v) is 4.41. The Hall–Kier alpha value is -1.89. The van der Waals surface area contributed by atoms with Crippen molar-refractivity contribution in [3.63, 3.8) is 0 Å². The van der Waals surface area contributed by atoms with Crippen molar-refractivity contribution in [1.82, 2.24) is 25.0 Å². The number of urea groups is 1. The molecule has 0 aromatic carbocycles. The van der Waals surface area contributed by atoms with Crippen molar-refractivity contribution in [1.29, 1.82) is 0 Å². The number of fused-ring (bicyclic) bond motifs is 2. The number of carbonyl (C=O) groups is 1. The minimum Gasteiger partial charge on any atom is -0.333 e. The maximum absolute atomic E-state index is 12.5. The largest absolute Gasteiger partial charge is 0.333 e. The molecule has 2 aliphatic heterocycles. The van der Waals surface area contributed by atoms with Crippen molar-refractivity contribution in [2.45, 2.75) is 50.4 Å². The van der Waals surface area contributed by atoms with Crippen LogP contribution in [0.4, 0.5) is 4.79 Å². The number of nitrogens with zero attached hydrogens (tertiary/aromatic N) is 4. The molecule has 0 radical (unpaired) electrons. The molecule has 2 aromatic rings. The summed E-state index contributed by atoms with van der Waals surface area (Å²) >= 11 is 1.68. The maximum atomic E-state index is 12.5. The van der Waals surface area contributed by atoms with Gasteiger partial charge in [-0.05, 0) is 37.1 Å². The summed E-state index contributed by atoms with van der Waals surface area (Å²) < 4.78 is 1.95. The van der Waals surface area contributed by atoms with E-state index in [1.807, 2.05) is 16.1 Å². The van der Waals surface area contributed by atoms with E-state index in [4.69, 9.17) is 0 Å². The van der Waals surface area contributed by atoms with E-state index in [1.54, 1.807) is 24.0 Å². The summed E-state index contributed by atoms with van der Waals surface area (Å²) in [5.41, 5.74) is 0. The second-order valence-corrected chi connectivity index (χ2v) is 7.06. The number of piperidine rings is 1. The van der Waals surface area contributed by atoms with Crippen LogP contribution in [0.15, 0.2) is 30.2 Å². The first-order valence-corrected chi connectivity index (χ1v) is 8.62. The highest BCUT2D eigenvalue weighted by Crippen LogP contribution is 2.40. The molecular formula is C15H19N5OS. The molecule has 0 spiro atoms. The number of hydrogen-bond acceptors (Lipinski definition) is 4. The Labute approximate surface area is 133 Å². The lowest BCUT2D eigenvalue weighted by molar-refractivity contribution is 0.120. The second kappa shape index (κ2) is 5.72. The lowest BCUT2D eigenvalue weighted by Gasteiger charge is -2.38. The Morgan fingerprint density at radius 3 is 2.77 bits per heavy atom. The predicted octanol–water partition coefficient (Wildman–Crippen LogP) is 2.42. The van der Waals surface area contributed by atoms with Gasteiger partial charge >= 0.3 is 6.03 Å². The smallest absolute Gasteiger partial charge is 0.318 e. The number of hydrogen-bond donors (Lipinski definition) is 1. The van der Waals surface area contributed by atoms with Gasteiger partial charge in [-0.2, -0.15) is 5.10 Å². The molecule has 22 heavy (non-hydrogen) atoms. The summed E-state index contributed by atoms with van der Waals surface area (Å²) in [6.07, 6.45) is 7.53. The molecule has 2 bridgehead atoms. The highest BCUT2D eigenvalue weighted by Gasteiger charge is 2.43. The Bertz CT molecular complexity index is 612. The predicted molar refractivity (Wildman–Crippen MR) is 83.5 cm³/mol. The van der Waals surface area contributed by atoms with Crippen molar-refractivity contribution in [2.24, 2.45) is 0 Å². The van der Waals surface area contributed by atoms with Crippen LogP contribution >= 0.6 is 11.3 Å². The Balaban J connectivity index is 1.40. The molecular weight excluding hydrogens is 298 g/mol. The number of rotatable bonds is 3. The standard InChI is InChI=1S/C15H19N5OS/c21-15(17-8-14-2-1-5-22-14)20-11-3-4-12(20)7-13(6-11)19-10-16-9-18-19/h1-2,5,9-13H,3-4,6-8H2,(H,17,21). The van der Waals surface area contributed by atoms with E-state index in [2.05, 4.69) is 26.4 Å². The lowest BCUT2D eigenvalue weighted by Crippen LogP contribution is -2.50. The Morgan fingerprint density at radius 1 is 1.32 bits per heavy atom. The Morgan fingerprint density at radius 2 is 2.14 bits per heavy atom. The van der Waals surface area contributed by atoms with Gasteiger partial charge in [-0.1, -0.05) is 6.07 Å². The zero-order valence-electron chi connectivity index (χ0n) is 12.3. The quantitative estimate of drug-likeness (QED) is 0.945. The van der Waals surface area contributed by atoms with E-state index in [0.717, 1.165) is 25.7 Å². The third kappa shape index (κ3) is 2.49. The van der Waals surface area contributed by atoms with Crippen molar-refractivity contribution in [3.05, 3.63) is 35.0 Å². The SMILES string of the molecule is O=C(NCc1cccs1)N1C2CCC1CC(n1cncn1)C2. The van der Waals surface area contributed by atoms with Crippen LogP contribution in [0.3, 0.4) is 0 Å². The number of aromatic nitrogens is 3. The van der Waals surface area contributed by atoms with Crippen LogP contribution in [0.1, 0.15) is 36.6 Å². The minimum absolute atomic E-state index is 0.0814. The molecule has 2 fully saturated rings. The molecule has 1 N–H and O–H groups in total. The van der Waals surface area contributed by atoms with E-state index in [9.17, 15) is 4.79 Å². The first-order valence-electron chi connectivity index (χ1n) is 7.74. The van der Waals surface area contributed by atoms with Gasteiger partial charge in [0.15, 0.2) is 0 Å². The summed E-state index contributed by atoms with van der Waals surface area (Å²) in [5.74, 6) is 0. The summed E-state index contributed by atoms with van der Waals surface area (Å²) in [4.78, 5) is 19.8. The van der Waals surface area contributed by atoms with Crippen LogP contribution in [0.2, 0.25) is 0 Å². The van der Waals surface area contributed by atoms with Crippen LogP contribution < -0.4 is 5.32 Å². The molecule has 0 saturated carbocycles. The molecule has 116 valence electrons. The minimum atomic E-state index is 0.0814. The van der Waals surface area contributed by atoms with E-state index in [1.165, 1.54) is 4.88 Å². The molecule has 2 atom stereocenters. The molecule has 2 saturated heterocycles. The molecule has 7 heteroatoms. The van der Waals surface area contributed by atoms with Crippen LogP contribution in [-0.4, -0.2) is 37.8 Å². The summed E-state index contributed by atoms with van der Waals surface area (Å²) in [6, 6.07) is 5.18. The molecule has 4 heterocycles. The average molecular weight is 317 g/mol. The van der Waals surface area contributed by atoms with Gasteiger partial charge in [0, 0.05) is 17.0 Å². The summed E-state index contributed by atoms with van der Waals surface area (Å²) in [6.45, 7) is 0.624. The number of amides is 2. The van der Waals surface area contributed by atoms with Gasteiger partial charge in [0.25, 0.3) is 0 Å². The monoisotopic (exact) mass is 317 g/mol. The summed E-state index contributed by atoms with van der Waals surface area (Å²) in [7, 11) is 0. The van der Waals surface area contributed by atoms with Crippen LogP contribution in [0, 0.1) is 0 Å². The van der Waals surface area contributed by atoms with Crippen molar-refractivity contribution >= 4 is 17.4 Å². The van der Waals surface area contributed by atoms with Gasteiger partial charge in [-0.15, -0.1) is 11.3 Å². The average Bonchev–Trinajstić information content (AvgIpc) is 3.25. The highest BCUT2D eigenvalue weighted by atomic mass is 32.1. The first kappa shape index (κ1) is 13.8. The van der Waals surface area contributed by atoms with Crippen LogP contribution in [0.5, 0.6) is 0 Å². The molecule has 2 aromatic heterocycles. The van der Waals surface area contributed by atoms with E-state index < -0.39 is 0 Å². The number of nitrogens with one attached hydrogen (secondary N) is 1. The van der Waals surface area contributed by atoms with Gasteiger partial charge in [0.05, 0.1) is 12.6 Å². The maximum Gasteiger partial charge on any atom is 0.318 e. The fourth-order valence-electron chi connectivity index (χ4n) is 3.77. The second-order valence-electron chi connectivity index (χ2n) is 6.03. The van der Waals surface area contributed by atoms with Gasteiger partial charge in [0.1, 0.15) is 12.7 Å². The molecule has 2 amide bonds. The molecule has 0 aliphatic carbocycles. The zero-order valence-corrected chi connectivity index (χ0v) is 13.1. The normalized spacial score (nSPS) is 27.1. The van der Waals surface area contributed by atoms with Crippen LogP contribution in [0.25, 0.3) is 0 Å². The van der Waals surface area contributed by atoms with Crippen molar-refractivity contribution in [2.75, 3.05) is 0 Å². The van der Waals surface area contributed by atoms with E-state index in [-0.39, 0.29) is 6.03 Å². The number of thiophene rings is 1. The van der Waals surface area contributed by atoms with Gasteiger partial charge in [-0.3, -0.25) is 0 Å². The van der Waals surface area contributed by atoms with Gasteiger partial charge in [0.2, 0.25) is 0 Å².